The maximum absolute atomic E-state index is 5.52. The predicted octanol–water partition coefficient (Wildman–Crippen LogP) is 2.15. The number of fused-ring (bicyclic) bond motifs is 2. The van der Waals surface area contributed by atoms with Gasteiger partial charge in [0.05, 0.1) is 6.04 Å². The van der Waals surface area contributed by atoms with E-state index in [-0.39, 0.29) is 0 Å². The summed E-state index contributed by atoms with van der Waals surface area (Å²) in [5, 5.41) is 5.64. The molecule has 0 atom stereocenters. The van der Waals surface area contributed by atoms with Crippen LogP contribution in [0.3, 0.4) is 0 Å². The van der Waals surface area contributed by atoms with E-state index >= 15 is 0 Å². The summed E-state index contributed by atoms with van der Waals surface area (Å²) in [4.78, 5) is 7.07. The van der Waals surface area contributed by atoms with Crippen LogP contribution >= 0.6 is 0 Å². The molecule has 2 aliphatic rings. The number of pyridine rings is 1. The van der Waals surface area contributed by atoms with Gasteiger partial charge in [0.25, 0.3) is 0 Å². The van der Waals surface area contributed by atoms with Crippen molar-refractivity contribution in [1.29, 1.82) is 0 Å². The van der Waals surface area contributed by atoms with Gasteiger partial charge in [-0.15, -0.1) is 0 Å². The van der Waals surface area contributed by atoms with E-state index in [9.17, 15) is 0 Å². The van der Waals surface area contributed by atoms with E-state index in [0.29, 0.717) is 12.8 Å². The molecule has 1 N–H and O–H groups in total. The van der Waals surface area contributed by atoms with E-state index in [1.54, 1.807) is 0 Å². The number of ether oxygens (including phenoxy) is 2. The van der Waals surface area contributed by atoms with Crippen LogP contribution in [0.1, 0.15) is 13.3 Å². The van der Waals surface area contributed by atoms with Crippen LogP contribution in [0.25, 0.3) is 10.8 Å². The Morgan fingerprint density at radius 2 is 2.10 bits per heavy atom. The molecule has 5 heteroatoms. The van der Waals surface area contributed by atoms with Crippen molar-refractivity contribution in [2.45, 2.75) is 19.4 Å². The number of hydrogen-bond acceptors (Lipinski definition) is 5. The van der Waals surface area contributed by atoms with Crippen LogP contribution in [0.2, 0.25) is 0 Å². The monoisotopic (exact) mass is 285 g/mol. The summed E-state index contributed by atoms with van der Waals surface area (Å²) in [5.41, 5.74) is 0. The zero-order valence-corrected chi connectivity index (χ0v) is 12.1. The van der Waals surface area contributed by atoms with E-state index in [2.05, 4.69) is 28.2 Å². The first-order valence-electron chi connectivity index (χ1n) is 7.52. The molecule has 2 aromatic rings. The highest BCUT2D eigenvalue weighted by Crippen LogP contribution is 2.39. The Bertz CT molecular complexity index is 670. The predicted molar refractivity (Wildman–Crippen MR) is 82.2 cm³/mol. The minimum atomic E-state index is 0.305. The highest BCUT2D eigenvalue weighted by Gasteiger charge is 2.27. The average molecular weight is 285 g/mol. The van der Waals surface area contributed by atoms with Gasteiger partial charge in [0.2, 0.25) is 6.79 Å². The van der Waals surface area contributed by atoms with Crippen molar-refractivity contribution >= 4 is 16.6 Å². The Hall–Kier alpha value is -2.01. The van der Waals surface area contributed by atoms with Gasteiger partial charge < -0.3 is 19.7 Å². The maximum Gasteiger partial charge on any atom is 0.231 e. The van der Waals surface area contributed by atoms with Crippen molar-refractivity contribution in [3.63, 3.8) is 0 Å². The van der Waals surface area contributed by atoms with Crippen molar-refractivity contribution in [3.8, 4) is 11.5 Å². The summed E-state index contributed by atoms with van der Waals surface area (Å²) >= 11 is 0. The lowest BCUT2D eigenvalue weighted by Crippen LogP contribution is -2.57. The van der Waals surface area contributed by atoms with E-state index in [0.717, 1.165) is 54.1 Å². The van der Waals surface area contributed by atoms with Gasteiger partial charge in [-0.1, -0.05) is 6.92 Å². The molecule has 1 saturated heterocycles. The summed E-state index contributed by atoms with van der Waals surface area (Å²) in [5.74, 6) is 2.70. The van der Waals surface area contributed by atoms with Gasteiger partial charge in [-0.3, -0.25) is 0 Å². The largest absolute Gasteiger partial charge is 0.454 e. The SMILES string of the molecule is CCCN(c1nccc2cc3c(cc12)OCO3)C1CNC1. The third-order valence-corrected chi connectivity index (χ3v) is 4.17. The van der Waals surface area contributed by atoms with Crippen LogP contribution < -0.4 is 19.7 Å². The zero-order valence-electron chi connectivity index (χ0n) is 12.1. The number of rotatable bonds is 4. The van der Waals surface area contributed by atoms with Crippen LogP contribution in [-0.2, 0) is 0 Å². The summed E-state index contributed by atoms with van der Waals surface area (Å²) in [6.45, 7) is 5.59. The van der Waals surface area contributed by atoms with Gasteiger partial charge >= 0.3 is 0 Å². The topological polar surface area (TPSA) is 46.6 Å². The van der Waals surface area contributed by atoms with Crippen molar-refractivity contribution in [2.75, 3.05) is 31.3 Å². The summed E-state index contributed by atoms with van der Waals surface area (Å²) in [6, 6.07) is 6.68. The van der Waals surface area contributed by atoms with Gasteiger partial charge in [-0.2, -0.15) is 0 Å². The van der Waals surface area contributed by atoms with E-state index in [1.807, 2.05) is 18.3 Å². The Kier molecular flexibility index (Phi) is 3.07. The molecular formula is C16H19N3O2. The normalized spacial score (nSPS) is 17.0. The summed E-state index contributed by atoms with van der Waals surface area (Å²) < 4.78 is 11.0. The lowest BCUT2D eigenvalue weighted by Gasteiger charge is -2.39. The minimum absolute atomic E-state index is 0.305. The molecule has 0 aliphatic carbocycles. The Morgan fingerprint density at radius 1 is 1.29 bits per heavy atom. The molecule has 0 unspecified atom stereocenters. The number of aromatic nitrogens is 1. The molecule has 0 radical (unpaired) electrons. The fraction of sp³-hybridized carbons (Fsp3) is 0.438. The van der Waals surface area contributed by atoms with Gasteiger partial charge in [-0.25, -0.2) is 4.98 Å². The van der Waals surface area contributed by atoms with E-state index in [1.165, 1.54) is 0 Å². The number of anilines is 1. The molecule has 0 amide bonds. The number of hydrogen-bond donors (Lipinski definition) is 1. The quantitative estimate of drug-likeness (QED) is 0.932. The zero-order chi connectivity index (χ0) is 14.2. The molecule has 0 saturated carbocycles. The number of benzene rings is 1. The Morgan fingerprint density at radius 3 is 2.81 bits per heavy atom. The van der Waals surface area contributed by atoms with Crippen molar-refractivity contribution < 1.29 is 9.47 Å². The lowest BCUT2D eigenvalue weighted by atomic mass is 10.1. The van der Waals surface area contributed by atoms with Crippen LogP contribution in [-0.4, -0.2) is 37.5 Å². The molecule has 0 spiro atoms. The highest BCUT2D eigenvalue weighted by atomic mass is 16.7. The van der Waals surface area contributed by atoms with Gasteiger partial charge in [0.15, 0.2) is 11.5 Å². The molecule has 1 aromatic carbocycles. The van der Waals surface area contributed by atoms with Crippen molar-refractivity contribution in [2.24, 2.45) is 0 Å². The van der Waals surface area contributed by atoms with E-state index < -0.39 is 0 Å². The second-order valence-electron chi connectivity index (χ2n) is 5.57. The summed E-state index contributed by atoms with van der Waals surface area (Å²) in [6.07, 6.45) is 2.99. The first-order chi connectivity index (χ1) is 10.4. The molecule has 5 nitrogen and oxygen atoms in total. The fourth-order valence-corrected chi connectivity index (χ4v) is 2.97. The maximum atomic E-state index is 5.52. The number of nitrogens with zero attached hydrogens (tertiary/aromatic N) is 2. The van der Waals surface area contributed by atoms with Crippen LogP contribution in [0.5, 0.6) is 11.5 Å². The molecule has 4 rings (SSSR count). The van der Waals surface area contributed by atoms with E-state index in [4.69, 9.17) is 9.47 Å². The molecule has 3 heterocycles. The minimum Gasteiger partial charge on any atom is -0.454 e. The standard InChI is InChI=1S/C16H19N3O2/c1-2-5-19(12-8-17-9-12)16-13-7-15-14(20-10-21-15)6-11(13)3-4-18-16/h3-4,6-7,12,17H,2,5,8-10H2,1H3. The second-order valence-corrected chi connectivity index (χ2v) is 5.57. The molecule has 21 heavy (non-hydrogen) atoms. The molecule has 2 aliphatic heterocycles. The van der Waals surface area contributed by atoms with Crippen LogP contribution in [0, 0.1) is 0 Å². The van der Waals surface area contributed by atoms with Crippen LogP contribution in [0.4, 0.5) is 5.82 Å². The molecule has 1 aromatic heterocycles. The fourth-order valence-electron chi connectivity index (χ4n) is 2.97. The molecule has 1 fully saturated rings. The Balaban J connectivity index is 1.83. The molecule has 110 valence electrons. The summed E-state index contributed by atoms with van der Waals surface area (Å²) in [7, 11) is 0. The average Bonchev–Trinajstić information content (AvgIpc) is 2.89. The molecule has 0 bridgehead atoms. The van der Waals surface area contributed by atoms with Gasteiger partial charge in [0, 0.05) is 31.2 Å². The lowest BCUT2D eigenvalue weighted by molar-refractivity contribution is 0.174. The Labute approximate surface area is 123 Å². The number of nitrogens with one attached hydrogen (secondary N) is 1. The first kappa shape index (κ1) is 12.7. The van der Waals surface area contributed by atoms with Crippen molar-refractivity contribution in [3.05, 3.63) is 24.4 Å². The second kappa shape index (κ2) is 5.07. The van der Waals surface area contributed by atoms with Gasteiger partial charge in [-0.05, 0) is 30.0 Å². The third-order valence-electron chi connectivity index (χ3n) is 4.17. The van der Waals surface area contributed by atoms with Crippen LogP contribution in [0.15, 0.2) is 24.4 Å². The van der Waals surface area contributed by atoms with Gasteiger partial charge in [0.1, 0.15) is 5.82 Å². The first-order valence-corrected chi connectivity index (χ1v) is 7.52. The van der Waals surface area contributed by atoms with Crippen molar-refractivity contribution in [1.82, 2.24) is 10.3 Å². The highest BCUT2D eigenvalue weighted by molar-refractivity contribution is 5.95. The smallest absolute Gasteiger partial charge is 0.231 e. The molecular weight excluding hydrogens is 266 g/mol. The third kappa shape index (κ3) is 2.08.